The summed E-state index contributed by atoms with van der Waals surface area (Å²) in [6.45, 7) is 8.98. The Balaban J connectivity index is 1.62. The van der Waals surface area contributed by atoms with Crippen LogP contribution in [0.2, 0.25) is 0 Å². The monoisotopic (exact) mass is 297 g/mol. The average molecular weight is 297 g/mol. The maximum atomic E-state index is 10.1. The zero-order chi connectivity index (χ0) is 15.5. The van der Waals surface area contributed by atoms with E-state index in [1.807, 2.05) is 25.4 Å². The number of rotatable bonds is 3. The minimum Gasteiger partial charge on any atom is -0.508 e. The molecule has 0 spiro atoms. The Kier molecular flexibility index (Phi) is 4.29. The van der Waals surface area contributed by atoms with Gasteiger partial charge in [-0.15, -0.1) is 0 Å². The Morgan fingerprint density at radius 2 is 1.64 bits per heavy atom. The SMILES string of the molecule is Cc1cc(O)c(CN2CCN(c3ccncc3)CC2)cc1C. The van der Waals surface area contributed by atoms with Crippen molar-refractivity contribution in [2.24, 2.45) is 0 Å². The minimum atomic E-state index is 0.416. The molecule has 1 aliphatic heterocycles. The van der Waals surface area contributed by atoms with E-state index in [1.54, 1.807) is 0 Å². The van der Waals surface area contributed by atoms with Gasteiger partial charge in [-0.3, -0.25) is 9.88 Å². The number of aryl methyl sites for hydroxylation is 2. The van der Waals surface area contributed by atoms with Gasteiger partial charge in [0.05, 0.1) is 0 Å². The van der Waals surface area contributed by atoms with Crippen LogP contribution in [0.25, 0.3) is 0 Å². The van der Waals surface area contributed by atoms with Gasteiger partial charge in [-0.1, -0.05) is 6.07 Å². The number of hydrogen-bond donors (Lipinski definition) is 1. The molecule has 1 fully saturated rings. The Labute approximate surface area is 132 Å². The minimum absolute atomic E-state index is 0.416. The van der Waals surface area contributed by atoms with E-state index in [-0.39, 0.29) is 0 Å². The molecule has 0 atom stereocenters. The first-order chi connectivity index (χ1) is 10.6. The Hall–Kier alpha value is -2.07. The summed E-state index contributed by atoms with van der Waals surface area (Å²) in [5.41, 5.74) is 4.65. The molecule has 116 valence electrons. The second-order valence-electron chi connectivity index (χ2n) is 6.03. The second kappa shape index (κ2) is 6.36. The maximum Gasteiger partial charge on any atom is 0.120 e. The normalized spacial score (nSPS) is 16.0. The highest BCUT2D eigenvalue weighted by atomic mass is 16.3. The second-order valence-corrected chi connectivity index (χ2v) is 6.03. The number of hydrogen-bond acceptors (Lipinski definition) is 4. The molecular formula is C18H23N3O. The predicted octanol–water partition coefficient (Wildman–Crippen LogP) is 2.73. The van der Waals surface area contributed by atoms with E-state index in [0.29, 0.717) is 5.75 Å². The predicted molar refractivity (Wildman–Crippen MR) is 89.3 cm³/mol. The lowest BCUT2D eigenvalue weighted by atomic mass is 10.0. The highest BCUT2D eigenvalue weighted by Crippen LogP contribution is 2.24. The van der Waals surface area contributed by atoms with Crippen LogP contribution >= 0.6 is 0 Å². The van der Waals surface area contributed by atoms with Crippen LogP contribution in [-0.2, 0) is 6.54 Å². The van der Waals surface area contributed by atoms with Gasteiger partial charge >= 0.3 is 0 Å². The lowest BCUT2D eigenvalue weighted by Crippen LogP contribution is -2.45. The molecule has 0 radical (unpaired) electrons. The summed E-state index contributed by atoms with van der Waals surface area (Å²) in [5, 5.41) is 10.1. The summed E-state index contributed by atoms with van der Waals surface area (Å²) in [5.74, 6) is 0.416. The van der Waals surface area contributed by atoms with Crippen LogP contribution in [0.3, 0.4) is 0 Å². The van der Waals surface area contributed by atoms with Gasteiger partial charge in [0.2, 0.25) is 0 Å². The molecule has 4 nitrogen and oxygen atoms in total. The zero-order valence-corrected chi connectivity index (χ0v) is 13.3. The molecule has 1 aliphatic rings. The number of aromatic hydroxyl groups is 1. The van der Waals surface area contributed by atoms with E-state index in [1.165, 1.54) is 11.3 Å². The first kappa shape index (κ1) is 14.9. The fourth-order valence-corrected chi connectivity index (χ4v) is 2.95. The van der Waals surface area contributed by atoms with Crippen LogP contribution in [0.4, 0.5) is 5.69 Å². The molecule has 1 aromatic carbocycles. The van der Waals surface area contributed by atoms with E-state index in [0.717, 1.165) is 43.9 Å². The van der Waals surface area contributed by atoms with Crippen molar-refractivity contribution >= 4 is 5.69 Å². The third-order valence-corrected chi connectivity index (χ3v) is 4.49. The topological polar surface area (TPSA) is 39.6 Å². The molecule has 1 N–H and O–H groups in total. The lowest BCUT2D eigenvalue weighted by Gasteiger charge is -2.36. The van der Waals surface area contributed by atoms with E-state index >= 15 is 0 Å². The molecule has 0 amide bonds. The third kappa shape index (κ3) is 3.22. The quantitative estimate of drug-likeness (QED) is 0.945. The highest BCUT2D eigenvalue weighted by Gasteiger charge is 2.18. The summed E-state index contributed by atoms with van der Waals surface area (Å²) < 4.78 is 0. The van der Waals surface area contributed by atoms with Crippen LogP contribution in [0.15, 0.2) is 36.7 Å². The van der Waals surface area contributed by atoms with Crippen molar-refractivity contribution in [3.05, 3.63) is 53.3 Å². The Morgan fingerprint density at radius 3 is 2.32 bits per heavy atom. The van der Waals surface area contributed by atoms with E-state index < -0.39 is 0 Å². The molecule has 0 unspecified atom stereocenters. The standard InChI is InChI=1S/C18H23N3O/c1-14-11-16(18(22)12-15(14)2)13-20-7-9-21(10-8-20)17-3-5-19-6-4-17/h3-6,11-12,22H,7-10,13H2,1-2H3. The van der Waals surface area contributed by atoms with Gasteiger partial charge in [0.15, 0.2) is 0 Å². The average Bonchev–Trinajstić information content (AvgIpc) is 2.54. The van der Waals surface area contributed by atoms with Crippen LogP contribution in [0.1, 0.15) is 16.7 Å². The summed E-state index contributed by atoms with van der Waals surface area (Å²) in [6.07, 6.45) is 3.68. The zero-order valence-electron chi connectivity index (χ0n) is 13.3. The molecule has 0 aliphatic carbocycles. The molecule has 4 heteroatoms. The molecule has 3 rings (SSSR count). The number of aromatic nitrogens is 1. The number of anilines is 1. The van der Waals surface area contributed by atoms with Crippen molar-refractivity contribution in [2.75, 3.05) is 31.1 Å². The summed E-state index contributed by atoms with van der Waals surface area (Å²) >= 11 is 0. The van der Waals surface area contributed by atoms with Crippen molar-refractivity contribution in [3.63, 3.8) is 0 Å². The van der Waals surface area contributed by atoms with Gasteiger partial charge in [0.1, 0.15) is 5.75 Å². The van der Waals surface area contributed by atoms with E-state index in [2.05, 4.69) is 39.9 Å². The molecule has 0 saturated carbocycles. The van der Waals surface area contributed by atoms with Crippen molar-refractivity contribution in [1.82, 2.24) is 9.88 Å². The maximum absolute atomic E-state index is 10.1. The number of nitrogens with zero attached hydrogens (tertiary/aromatic N) is 3. The third-order valence-electron chi connectivity index (χ3n) is 4.49. The van der Waals surface area contributed by atoms with Crippen molar-refractivity contribution in [1.29, 1.82) is 0 Å². The number of phenols is 1. The largest absolute Gasteiger partial charge is 0.508 e. The first-order valence-electron chi connectivity index (χ1n) is 7.80. The number of benzene rings is 1. The van der Waals surface area contributed by atoms with Crippen LogP contribution in [0, 0.1) is 13.8 Å². The summed E-state index contributed by atoms with van der Waals surface area (Å²) in [6, 6.07) is 8.10. The molecule has 2 aromatic rings. The summed E-state index contributed by atoms with van der Waals surface area (Å²) in [7, 11) is 0. The lowest BCUT2D eigenvalue weighted by molar-refractivity contribution is 0.246. The van der Waals surface area contributed by atoms with Gasteiger partial charge in [-0.25, -0.2) is 0 Å². The van der Waals surface area contributed by atoms with Crippen molar-refractivity contribution < 1.29 is 5.11 Å². The highest BCUT2D eigenvalue weighted by molar-refractivity contribution is 5.45. The van der Waals surface area contributed by atoms with E-state index in [4.69, 9.17) is 0 Å². The molecule has 0 bridgehead atoms. The molecule has 1 aromatic heterocycles. The summed E-state index contributed by atoms with van der Waals surface area (Å²) in [4.78, 5) is 8.86. The van der Waals surface area contributed by atoms with Gasteiger partial charge in [-0.2, -0.15) is 0 Å². The smallest absolute Gasteiger partial charge is 0.120 e. The number of piperazine rings is 1. The van der Waals surface area contributed by atoms with Gasteiger partial charge in [0.25, 0.3) is 0 Å². The Morgan fingerprint density at radius 1 is 1.00 bits per heavy atom. The van der Waals surface area contributed by atoms with E-state index in [9.17, 15) is 5.11 Å². The van der Waals surface area contributed by atoms with Crippen LogP contribution < -0.4 is 4.90 Å². The molecule has 2 heterocycles. The van der Waals surface area contributed by atoms with Gasteiger partial charge in [-0.05, 0) is 43.2 Å². The molecule has 22 heavy (non-hydrogen) atoms. The Bertz CT molecular complexity index is 634. The van der Waals surface area contributed by atoms with Crippen molar-refractivity contribution in [3.8, 4) is 5.75 Å². The first-order valence-corrected chi connectivity index (χ1v) is 7.80. The van der Waals surface area contributed by atoms with Crippen LogP contribution in [0.5, 0.6) is 5.75 Å². The molecule has 1 saturated heterocycles. The number of phenolic OH excluding ortho intramolecular Hbond substituents is 1. The van der Waals surface area contributed by atoms with Crippen molar-refractivity contribution in [2.45, 2.75) is 20.4 Å². The fraction of sp³-hybridized carbons (Fsp3) is 0.389. The van der Waals surface area contributed by atoms with Gasteiger partial charge in [0, 0.05) is 56.4 Å². The fourth-order valence-electron chi connectivity index (χ4n) is 2.95. The molecular weight excluding hydrogens is 274 g/mol. The van der Waals surface area contributed by atoms with Crippen LogP contribution in [-0.4, -0.2) is 41.2 Å². The van der Waals surface area contributed by atoms with Gasteiger partial charge < -0.3 is 10.0 Å². The number of pyridine rings is 1.